The Hall–Kier alpha value is -3.32. The van der Waals surface area contributed by atoms with Gasteiger partial charge in [0.1, 0.15) is 22.6 Å². The van der Waals surface area contributed by atoms with E-state index < -0.39 is 11.6 Å². The van der Waals surface area contributed by atoms with Gasteiger partial charge in [0.25, 0.3) is 0 Å². The molecule has 8 nitrogen and oxygen atoms in total. The third-order valence-electron chi connectivity index (χ3n) is 6.06. The van der Waals surface area contributed by atoms with Crippen LogP contribution >= 0.6 is 46.3 Å². The van der Waals surface area contributed by atoms with E-state index in [1.54, 1.807) is 32.2 Å². The summed E-state index contributed by atoms with van der Waals surface area (Å²) in [7, 11) is 0. The van der Waals surface area contributed by atoms with Gasteiger partial charge in [-0.2, -0.15) is 0 Å². The number of hydrogen-bond donors (Lipinski definition) is 2. The van der Waals surface area contributed by atoms with Crippen molar-refractivity contribution in [1.82, 2.24) is 17.7 Å². The predicted octanol–water partition coefficient (Wildman–Crippen LogP) is 5.96. The molecule has 3 heterocycles. The summed E-state index contributed by atoms with van der Waals surface area (Å²) >= 11 is 14.8. The van der Waals surface area contributed by atoms with E-state index in [-0.39, 0.29) is 21.0 Å². The normalized spacial score (nSPS) is 14.8. The molecule has 5 rings (SSSR count). The Bertz CT molecular complexity index is 1620. The first kappa shape index (κ1) is 28.2. The van der Waals surface area contributed by atoms with Crippen LogP contribution in [0.1, 0.15) is 9.75 Å². The fourth-order valence-corrected chi connectivity index (χ4v) is 6.21. The molecule has 40 heavy (non-hydrogen) atoms. The van der Waals surface area contributed by atoms with Crippen LogP contribution in [-0.2, 0) is 0 Å². The second-order valence-electron chi connectivity index (χ2n) is 9.05. The molecule has 208 valence electrons. The molecule has 0 radical (unpaired) electrons. The quantitative estimate of drug-likeness (QED) is 0.214. The maximum absolute atomic E-state index is 13.8. The highest BCUT2D eigenvalue weighted by Crippen LogP contribution is 2.25. The van der Waals surface area contributed by atoms with E-state index in [0.29, 0.717) is 49.5 Å². The predicted molar refractivity (Wildman–Crippen MR) is 157 cm³/mol. The number of nitrogens with zero attached hydrogens (tertiary/aromatic N) is 6. The third-order valence-corrected chi connectivity index (χ3v) is 8.54. The number of hydrogen-bond acceptors (Lipinski definition) is 6. The van der Waals surface area contributed by atoms with E-state index in [2.05, 4.69) is 9.80 Å². The summed E-state index contributed by atoms with van der Waals surface area (Å²) in [6.45, 7) is 5.95. The Morgan fingerprint density at radius 1 is 0.700 bits per heavy atom. The first-order valence-electron chi connectivity index (χ1n) is 12.2. The molecule has 2 aromatic heterocycles. The molecule has 1 fully saturated rings. The number of aryl methyl sites for hydroxylation is 2. The smallest absolute Gasteiger partial charge is 0.221 e. The minimum absolute atomic E-state index is 0.0277. The van der Waals surface area contributed by atoms with Crippen molar-refractivity contribution < 1.29 is 8.78 Å². The van der Waals surface area contributed by atoms with Crippen molar-refractivity contribution in [3.8, 4) is 0 Å². The highest BCUT2D eigenvalue weighted by molar-refractivity contribution is 7.07. The van der Waals surface area contributed by atoms with Gasteiger partial charge in [-0.25, -0.2) is 26.7 Å². The molecule has 14 heteroatoms. The molecule has 0 spiro atoms. The average molecular weight is 622 g/mol. The van der Waals surface area contributed by atoms with Crippen molar-refractivity contribution in [2.75, 3.05) is 26.2 Å². The number of aliphatic imine (C=N–C) groups is 2. The van der Waals surface area contributed by atoms with E-state index in [0.717, 1.165) is 9.75 Å². The van der Waals surface area contributed by atoms with Crippen LogP contribution in [0.2, 0.25) is 10.0 Å². The van der Waals surface area contributed by atoms with Crippen LogP contribution < -0.4 is 11.0 Å². The number of aromatic nitrogens is 2. The van der Waals surface area contributed by atoms with Gasteiger partial charge >= 0.3 is 0 Å². The molecule has 2 N–H and O–H groups in total. The molecule has 1 aliphatic rings. The first-order chi connectivity index (χ1) is 19.1. The first-order valence-corrected chi connectivity index (χ1v) is 14.5. The maximum Gasteiger partial charge on any atom is 0.221 e. The van der Waals surface area contributed by atoms with Crippen LogP contribution in [0.4, 0.5) is 20.2 Å². The molecule has 0 saturated carbocycles. The average Bonchev–Trinajstić information content (AvgIpc) is 3.44. The minimum atomic E-state index is -0.527. The summed E-state index contributed by atoms with van der Waals surface area (Å²) in [4.78, 5) is 15.6. The van der Waals surface area contributed by atoms with E-state index >= 15 is 0 Å². The van der Waals surface area contributed by atoms with Gasteiger partial charge in [-0.1, -0.05) is 46.3 Å². The SMILES string of the molecule is Cc1cc(=N)n(C(=Nc2ccc(F)c(Cl)c2)N2CCN(C(=Nc3ccc(F)c(Cl)c3)n3sc(C)cc3=N)CC2)s1. The summed E-state index contributed by atoms with van der Waals surface area (Å²) in [5.74, 6) is 0.0203. The molecule has 1 aliphatic heterocycles. The standard InChI is InChI=1S/C26H24Cl2F2N8S2/c1-15-11-23(31)37(39-15)25(33-17-3-5-21(29)19(27)13-17)35-7-9-36(10-8-35)26(38-24(32)12-16(2)40-38)34-18-4-6-22(30)20(28)14-18/h3-6,11-14,31-32H,7-10H2,1-2H3. The molecular weight excluding hydrogens is 597 g/mol. The van der Waals surface area contributed by atoms with Gasteiger partial charge in [0.05, 0.1) is 21.4 Å². The molecule has 0 unspecified atom stereocenters. The highest BCUT2D eigenvalue weighted by Gasteiger charge is 2.26. The third kappa shape index (κ3) is 6.04. The molecular formula is C26H24Cl2F2N8S2. The molecule has 0 amide bonds. The van der Waals surface area contributed by atoms with Crippen molar-refractivity contribution in [2.45, 2.75) is 13.8 Å². The van der Waals surface area contributed by atoms with E-state index in [1.807, 2.05) is 13.8 Å². The monoisotopic (exact) mass is 620 g/mol. The zero-order valence-corrected chi connectivity index (χ0v) is 24.6. The van der Waals surface area contributed by atoms with Gasteiger partial charge < -0.3 is 9.80 Å². The number of rotatable bonds is 2. The molecule has 0 aliphatic carbocycles. The lowest BCUT2D eigenvalue weighted by Crippen LogP contribution is -2.54. The number of halogens is 4. The van der Waals surface area contributed by atoms with Crippen LogP contribution in [0.25, 0.3) is 0 Å². The largest absolute Gasteiger partial charge is 0.338 e. The van der Waals surface area contributed by atoms with Crippen LogP contribution in [-0.4, -0.2) is 55.8 Å². The number of nitrogens with one attached hydrogen (secondary N) is 2. The maximum atomic E-state index is 13.8. The summed E-state index contributed by atoms with van der Waals surface area (Å²) in [6.07, 6.45) is 0. The van der Waals surface area contributed by atoms with Crippen molar-refractivity contribution in [3.05, 3.63) is 90.9 Å². The van der Waals surface area contributed by atoms with E-state index in [9.17, 15) is 8.78 Å². The Kier molecular flexibility index (Phi) is 8.22. The summed E-state index contributed by atoms with van der Waals surface area (Å²) in [6, 6.07) is 12.1. The second kappa shape index (κ2) is 11.7. The summed E-state index contributed by atoms with van der Waals surface area (Å²) in [5, 5.41) is 16.9. The number of benzene rings is 2. The molecule has 0 atom stereocenters. The highest BCUT2D eigenvalue weighted by atomic mass is 35.5. The lowest BCUT2D eigenvalue weighted by atomic mass is 10.3. The van der Waals surface area contributed by atoms with Gasteiger partial charge in [-0.3, -0.25) is 10.8 Å². The Morgan fingerprint density at radius 2 is 1.07 bits per heavy atom. The zero-order chi connectivity index (χ0) is 28.6. The van der Waals surface area contributed by atoms with Crippen LogP contribution in [0.5, 0.6) is 0 Å². The summed E-state index contributed by atoms with van der Waals surface area (Å²) in [5.41, 5.74) is 1.52. The van der Waals surface area contributed by atoms with Gasteiger partial charge in [-0.15, -0.1) is 0 Å². The van der Waals surface area contributed by atoms with Crippen LogP contribution in [0.15, 0.2) is 58.5 Å². The van der Waals surface area contributed by atoms with Crippen molar-refractivity contribution >= 4 is 69.6 Å². The molecule has 4 aromatic rings. The lowest BCUT2D eigenvalue weighted by molar-refractivity contribution is 0.250. The Morgan fingerprint density at radius 3 is 1.38 bits per heavy atom. The van der Waals surface area contributed by atoms with Crippen molar-refractivity contribution in [2.24, 2.45) is 9.98 Å². The second-order valence-corrected chi connectivity index (χ2v) is 12.2. The Balaban J connectivity index is 1.48. The molecule has 1 saturated heterocycles. The lowest BCUT2D eigenvalue weighted by Gasteiger charge is -2.37. The minimum Gasteiger partial charge on any atom is -0.338 e. The van der Waals surface area contributed by atoms with Crippen LogP contribution in [0, 0.1) is 36.3 Å². The topological polar surface area (TPSA) is 88.8 Å². The fourth-order valence-electron chi connectivity index (χ4n) is 4.17. The van der Waals surface area contributed by atoms with E-state index in [4.69, 9.17) is 44.0 Å². The van der Waals surface area contributed by atoms with Crippen LogP contribution in [0.3, 0.4) is 0 Å². The molecule has 0 bridgehead atoms. The van der Waals surface area contributed by atoms with Gasteiger partial charge in [0.15, 0.2) is 0 Å². The van der Waals surface area contributed by atoms with Gasteiger partial charge in [-0.05, 0) is 62.4 Å². The molecule has 2 aromatic carbocycles. The van der Waals surface area contributed by atoms with Gasteiger partial charge in [0, 0.05) is 35.9 Å². The van der Waals surface area contributed by atoms with Gasteiger partial charge in [0.2, 0.25) is 11.9 Å². The van der Waals surface area contributed by atoms with E-state index in [1.165, 1.54) is 47.3 Å². The van der Waals surface area contributed by atoms with Crippen molar-refractivity contribution in [1.29, 1.82) is 10.8 Å². The Labute approximate surface area is 247 Å². The fraction of sp³-hybridized carbons (Fsp3) is 0.231. The zero-order valence-electron chi connectivity index (χ0n) is 21.5. The number of piperazine rings is 1. The van der Waals surface area contributed by atoms with Crippen molar-refractivity contribution in [3.63, 3.8) is 0 Å². The summed E-state index contributed by atoms with van der Waals surface area (Å²) < 4.78 is 31.0.